The Bertz CT molecular complexity index is 650. The number of hydrogen-bond donors (Lipinski definition) is 1. The van der Waals surface area contributed by atoms with E-state index >= 15 is 0 Å². The van der Waals surface area contributed by atoms with Crippen molar-refractivity contribution in [1.29, 1.82) is 0 Å². The number of likely N-dealkylation sites (tertiary alicyclic amines) is 1. The van der Waals surface area contributed by atoms with Gasteiger partial charge in [0.25, 0.3) is 5.91 Å². The van der Waals surface area contributed by atoms with Gasteiger partial charge in [0.15, 0.2) is 0 Å². The molecule has 1 saturated heterocycles. The van der Waals surface area contributed by atoms with Crippen LogP contribution in [0, 0.1) is 5.92 Å². The van der Waals surface area contributed by atoms with Gasteiger partial charge in [0, 0.05) is 30.7 Å². The number of amides is 1. The van der Waals surface area contributed by atoms with Gasteiger partial charge in [0.05, 0.1) is 0 Å². The van der Waals surface area contributed by atoms with Gasteiger partial charge in [-0.25, -0.2) is 0 Å². The van der Waals surface area contributed by atoms with Crippen LogP contribution in [0.1, 0.15) is 30.3 Å². The van der Waals surface area contributed by atoms with Gasteiger partial charge >= 0.3 is 0 Å². The number of nitrogens with zero attached hydrogens (tertiary/aromatic N) is 2. The smallest absolute Gasteiger partial charge is 0.273 e. The van der Waals surface area contributed by atoms with Crippen molar-refractivity contribution < 1.29 is 4.79 Å². The maximum Gasteiger partial charge on any atom is 0.273 e. The van der Waals surface area contributed by atoms with E-state index in [1.54, 1.807) is 6.20 Å². The van der Waals surface area contributed by atoms with Crippen LogP contribution < -0.4 is 5.73 Å². The lowest BCUT2D eigenvalue weighted by atomic mass is 9.90. The van der Waals surface area contributed by atoms with Crippen molar-refractivity contribution in [2.24, 2.45) is 11.7 Å². The number of pyridine rings is 1. The van der Waals surface area contributed by atoms with Crippen LogP contribution in [0.25, 0.3) is 10.8 Å². The van der Waals surface area contributed by atoms with E-state index in [4.69, 9.17) is 5.73 Å². The third-order valence-electron chi connectivity index (χ3n) is 4.49. The second-order valence-corrected chi connectivity index (χ2v) is 5.80. The molecule has 21 heavy (non-hydrogen) atoms. The highest BCUT2D eigenvalue weighted by molar-refractivity contribution is 6.05. The second kappa shape index (κ2) is 5.82. The first-order valence-electron chi connectivity index (χ1n) is 7.57. The van der Waals surface area contributed by atoms with E-state index in [-0.39, 0.29) is 11.9 Å². The van der Waals surface area contributed by atoms with Crippen LogP contribution in [-0.2, 0) is 0 Å². The fourth-order valence-corrected chi connectivity index (χ4v) is 3.29. The monoisotopic (exact) mass is 283 g/mol. The zero-order valence-electron chi connectivity index (χ0n) is 12.3. The fourth-order valence-electron chi connectivity index (χ4n) is 3.29. The topological polar surface area (TPSA) is 59.2 Å². The maximum absolute atomic E-state index is 12.9. The summed E-state index contributed by atoms with van der Waals surface area (Å²) in [4.78, 5) is 19.2. The number of carbonyl (C=O) groups excluding carboxylic acids is 1. The minimum absolute atomic E-state index is 0.00815. The molecule has 2 heterocycles. The first-order valence-corrected chi connectivity index (χ1v) is 7.57. The Morgan fingerprint density at radius 1 is 1.38 bits per heavy atom. The zero-order valence-corrected chi connectivity index (χ0v) is 12.3. The molecule has 2 N–H and O–H groups in total. The number of rotatable bonds is 2. The molecule has 1 fully saturated rings. The molecule has 4 nitrogen and oxygen atoms in total. The van der Waals surface area contributed by atoms with Gasteiger partial charge < -0.3 is 10.6 Å². The van der Waals surface area contributed by atoms with Crippen molar-refractivity contribution in [2.45, 2.75) is 25.8 Å². The third kappa shape index (κ3) is 2.51. The summed E-state index contributed by atoms with van der Waals surface area (Å²) in [6.45, 7) is 3.46. The number of piperidine rings is 1. The summed E-state index contributed by atoms with van der Waals surface area (Å²) in [5, 5.41) is 1.96. The highest BCUT2D eigenvalue weighted by Crippen LogP contribution is 2.26. The van der Waals surface area contributed by atoms with Crippen molar-refractivity contribution in [3.05, 3.63) is 42.2 Å². The van der Waals surface area contributed by atoms with E-state index in [1.165, 1.54) is 0 Å². The predicted molar refractivity (Wildman–Crippen MR) is 84.0 cm³/mol. The lowest BCUT2D eigenvalue weighted by Gasteiger charge is -2.39. The van der Waals surface area contributed by atoms with Gasteiger partial charge in [-0.15, -0.1) is 0 Å². The number of hydrogen-bond acceptors (Lipinski definition) is 3. The van der Waals surface area contributed by atoms with Crippen LogP contribution in [0.2, 0.25) is 0 Å². The highest BCUT2D eigenvalue weighted by atomic mass is 16.2. The Labute approximate surface area is 125 Å². The highest BCUT2D eigenvalue weighted by Gasteiger charge is 2.32. The average molecular weight is 283 g/mol. The van der Waals surface area contributed by atoms with Crippen LogP contribution in [0.15, 0.2) is 36.5 Å². The van der Waals surface area contributed by atoms with Crippen LogP contribution >= 0.6 is 0 Å². The molecule has 1 amide bonds. The third-order valence-corrected chi connectivity index (χ3v) is 4.49. The largest absolute Gasteiger partial charge is 0.333 e. The second-order valence-electron chi connectivity index (χ2n) is 5.80. The molecule has 2 aromatic rings. The Morgan fingerprint density at radius 3 is 3.00 bits per heavy atom. The molecule has 2 atom stereocenters. The van der Waals surface area contributed by atoms with E-state index < -0.39 is 0 Å². The summed E-state index contributed by atoms with van der Waals surface area (Å²) >= 11 is 0. The van der Waals surface area contributed by atoms with Gasteiger partial charge in [-0.05, 0) is 30.2 Å². The average Bonchev–Trinajstić information content (AvgIpc) is 2.53. The van der Waals surface area contributed by atoms with Crippen molar-refractivity contribution in [3.8, 4) is 0 Å². The van der Waals surface area contributed by atoms with Gasteiger partial charge in [0.2, 0.25) is 0 Å². The molecule has 4 heteroatoms. The summed E-state index contributed by atoms with van der Waals surface area (Å²) in [7, 11) is 0. The van der Waals surface area contributed by atoms with Crippen molar-refractivity contribution >= 4 is 16.7 Å². The Balaban J connectivity index is 2.00. The first-order chi connectivity index (χ1) is 10.2. The molecule has 0 bridgehead atoms. The molecule has 1 aliphatic heterocycles. The van der Waals surface area contributed by atoms with Crippen molar-refractivity contribution in [1.82, 2.24) is 9.88 Å². The SMILES string of the molecule is C[C@@H]1CCCN(C(=O)c2nccc3ccccc23)[C@@H]1CN. The van der Waals surface area contributed by atoms with E-state index in [1.807, 2.05) is 35.2 Å². The lowest BCUT2D eigenvalue weighted by Crippen LogP contribution is -2.51. The predicted octanol–water partition coefficient (Wildman–Crippen LogP) is 2.43. The molecule has 1 aromatic heterocycles. The lowest BCUT2D eigenvalue weighted by molar-refractivity contribution is 0.0529. The van der Waals surface area contributed by atoms with Crippen LogP contribution in [0.4, 0.5) is 0 Å². The van der Waals surface area contributed by atoms with Gasteiger partial charge in [-0.1, -0.05) is 31.2 Å². The molecular formula is C17H21N3O. The minimum atomic E-state index is 0.00815. The Morgan fingerprint density at radius 2 is 2.19 bits per heavy atom. The van der Waals surface area contributed by atoms with Crippen molar-refractivity contribution in [2.75, 3.05) is 13.1 Å². The molecule has 0 aliphatic carbocycles. The van der Waals surface area contributed by atoms with Crippen molar-refractivity contribution in [3.63, 3.8) is 0 Å². The van der Waals surface area contributed by atoms with E-state index in [0.717, 1.165) is 30.2 Å². The summed E-state index contributed by atoms with van der Waals surface area (Å²) < 4.78 is 0. The molecule has 1 aromatic carbocycles. The molecule has 110 valence electrons. The molecule has 0 saturated carbocycles. The van der Waals surface area contributed by atoms with Gasteiger partial charge in [-0.3, -0.25) is 9.78 Å². The summed E-state index contributed by atoms with van der Waals surface area (Å²) in [5.74, 6) is 0.455. The number of aromatic nitrogens is 1. The number of benzene rings is 1. The molecule has 0 unspecified atom stereocenters. The number of fused-ring (bicyclic) bond motifs is 1. The maximum atomic E-state index is 12.9. The first kappa shape index (κ1) is 14.0. The molecule has 1 aliphatic rings. The Kier molecular flexibility index (Phi) is 3.88. The Hall–Kier alpha value is -1.94. The standard InChI is InChI=1S/C17H21N3O/c1-12-5-4-10-20(15(12)11-18)17(21)16-14-7-3-2-6-13(14)8-9-19-16/h2-3,6-9,12,15H,4-5,10-11,18H2,1H3/t12-,15-/m1/s1. The zero-order chi connectivity index (χ0) is 14.8. The molecule has 0 spiro atoms. The van der Waals surface area contributed by atoms with Crippen LogP contribution in [-0.4, -0.2) is 34.9 Å². The van der Waals surface area contributed by atoms with E-state index in [9.17, 15) is 4.79 Å². The van der Waals surface area contributed by atoms with Gasteiger partial charge in [0.1, 0.15) is 5.69 Å². The summed E-state index contributed by atoms with van der Waals surface area (Å²) in [5.41, 5.74) is 6.44. The number of nitrogens with two attached hydrogens (primary N) is 1. The number of carbonyl (C=O) groups is 1. The quantitative estimate of drug-likeness (QED) is 0.921. The van der Waals surface area contributed by atoms with Crippen LogP contribution in [0.3, 0.4) is 0 Å². The normalized spacial score (nSPS) is 22.5. The summed E-state index contributed by atoms with van der Waals surface area (Å²) in [6.07, 6.45) is 3.88. The van der Waals surface area contributed by atoms with Gasteiger partial charge in [-0.2, -0.15) is 0 Å². The van der Waals surface area contributed by atoms with Crippen LogP contribution in [0.5, 0.6) is 0 Å². The molecule has 0 radical (unpaired) electrons. The molecule has 3 rings (SSSR count). The fraction of sp³-hybridized carbons (Fsp3) is 0.412. The van der Waals surface area contributed by atoms with E-state index in [0.29, 0.717) is 18.2 Å². The van der Waals surface area contributed by atoms with E-state index in [2.05, 4.69) is 11.9 Å². The minimum Gasteiger partial charge on any atom is -0.333 e. The molecular weight excluding hydrogens is 262 g/mol. The summed E-state index contributed by atoms with van der Waals surface area (Å²) in [6, 6.07) is 9.94.